The summed E-state index contributed by atoms with van der Waals surface area (Å²) in [6, 6.07) is 1.46. The van der Waals surface area contributed by atoms with E-state index < -0.39 is 0 Å². The molecular formula is C14H31N3. The van der Waals surface area contributed by atoms with Crippen molar-refractivity contribution < 1.29 is 0 Å². The van der Waals surface area contributed by atoms with E-state index in [0.717, 1.165) is 6.04 Å². The maximum Gasteiger partial charge on any atom is 0.00818 e. The molecule has 1 fully saturated rings. The van der Waals surface area contributed by atoms with E-state index in [0.29, 0.717) is 6.04 Å². The summed E-state index contributed by atoms with van der Waals surface area (Å²) in [6.45, 7) is 6.00. The van der Waals surface area contributed by atoms with E-state index >= 15 is 0 Å². The van der Waals surface area contributed by atoms with E-state index in [1.165, 1.54) is 51.7 Å². The van der Waals surface area contributed by atoms with Crippen LogP contribution in [0.5, 0.6) is 0 Å². The molecule has 2 unspecified atom stereocenters. The monoisotopic (exact) mass is 241 g/mol. The molecule has 1 aliphatic rings. The first kappa shape index (κ1) is 14.9. The minimum absolute atomic E-state index is 0.702. The summed E-state index contributed by atoms with van der Waals surface area (Å²) in [4.78, 5) is 4.78. The SMILES string of the molecule is CC(CC1CCCCN1)N(C)CCCN(C)C. The number of nitrogens with one attached hydrogen (secondary N) is 1. The van der Waals surface area contributed by atoms with Crippen LogP contribution in [0.3, 0.4) is 0 Å². The zero-order chi connectivity index (χ0) is 12.7. The largest absolute Gasteiger partial charge is 0.314 e. The lowest BCUT2D eigenvalue weighted by Crippen LogP contribution is -2.41. The lowest BCUT2D eigenvalue weighted by Gasteiger charge is -2.31. The van der Waals surface area contributed by atoms with Gasteiger partial charge in [-0.15, -0.1) is 0 Å². The predicted octanol–water partition coefficient (Wildman–Crippen LogP) is 1.79. The minimum Gasteiger partial charge on any atom is -0.314 e. The van der Waals surface area contributed by atoms with Crippen molar-refractivity contribution in [1.82, 2.24) is 15.1 Å². The molecule has 0 aromatic heterocycles. The number of rotatable bonds is 7. The maximum absolute atomic E-state index is 3.64. The Morgan fingerprint density at radius 1 is 1.18 bits per heavy atom. The zero-order valence-corrected chi connectivity index (χ0v) is 12.2. The van der Waals surface area contributed by atoms with Gasteiger partial charge in [0.15, 0.2) is 0 Å². The number of hydrogen-bond acceptors (Lipinski definition) is 3. The van der Waals surface area contributed by atoms with Crippen molar-refractivity contribution in [1.29, 1.82) is 0 Å². The van der Waals surface area contributed by atoms with Gasteiger partial charge in [-0.1, -0.05) is 6.42 Å². The van der Waals surface area contributed by atoms with E-state index in [1.807, 2.05) is 0 Å². The van der Waals surface area contributed by atoms with Crippen LogP contribution in [-0.2, 0) is 0 Å². The quantitative estimate of drug-likeness (QED) is 0.733. The van der Waals surface area contributed by atoms with Crippen molar-refractivity contribution in [2.24, 2.45) is 0 Å². The molecule has 1 heterocycles. The van der Waals surface area contributed by atoms with Gasteiger partial charge in [-0.2, -0.15) is 0 Å². The molecule has 0 aromatic rings. The Morgan fingerprint density at radius 2 is 1.94 bits per heavy atom. The first-order valence-electron chi connectivity index (χ1n) is 7.18. The number of piperidine rings is 1. The second kappa shape index (κ2) is 8.06. The molecule has 0 spiro atoms. The molecule has 102 valence electrons. The molecule has 1 aliphatic heterocycles. The highest BCUT2D eigenvalue weighted by molar-refractivity contribution is 4.77. The third-order valence-electron chi connectivity index (χ3n) is 3.91. The van der Waals surface area contributed by atoms with Crippen LogP contribution in [0.2, 0.25) is 0 Å². The van der Waals surface area contributed by atoms with Gasteiger partial charge in [-0.05, 0) is 73.4 Å². The zero-order valence-electron chi connectivity index (χ0n) is 12.2. The van der Waals surface area contributed by atoms with E-state index in [9.17, 15) is 0 Å². The van der Waals surface area contributed by atoms with Crippen molar-refractivity contribution >= 4 is 0 Å². The van der Waals surface area contributed by atoms with Crippen molar-refractivity contribution in [3.63, 3.8) is 0 Å². The lowest BCUT2D eigenvalue weighted by atomic mass is 9.98. The van der Waals surface area contributed by atoms with Gasteiger partial charge in [0.05, 0.1) is 0 Å². The second-order valence-corrected chi connectivity index (χ2v) is 5.87. The Balaban J connectivity index is 2.14. The molecule has 1 saturated heterocycles. The van der Waals surface area contributed by atoms with Gasteiger partial charge in [-0.25, -0.2) is 0 Å². The van der Waals surface area contributed by atoms with Crippen LogP contribution in [0.15, 0.2) is 0 Å². The molecule has 17 heavy (non-hydrogen) atoms. The van der Waals surface area contributed by atoms with Crippen LogP contribution in [0.4, 0.5) is 0 Å². The molecule has 0 radical (unpaired) electrons. The fourth-order valence-corrected chi connectivity index (χ4v) is 2.57. The molecule has 1 rings (SSSR count). The van der Waals surface area contributed by atoms with Gasteiger partial charge in [0.2, 0.25) is 0 Å². The molecule has 1 N–H and O–H groups in total. The third kappa shape index (κ3) is 6.39. The van der Waals surface area contributed by atoms with Crippen LogP contribution in [0, 0.1) is 0 Å². The summed E-state index contributed by atoms with van der Waals surface area (Å²) in [5.41, 5.74) is 0. The van der Waals surface area contributed by atoms with Gasteiger partial charge in [-0.3, -0.25) is 0 Å². The average Bonchev–Trinajstić information content (AvgIpc) is 2.29. The Labute approximate surface area is 108 Å². The van der Waals surface area contributed by atoms with Crippen LogP contribution in [0.25, 0.3) is 0 Å². The van der Waals surface area contributed by atoms with E-state index in [1.54, 1.807) is 0 Å². The fraction of sp³-hybridized carbons (Fsp3) is 1.00. The van der Waals surface area contributed by atoms with Crippen LogP contribution >= 0.6 is 0 Å². The van der Waals surface area contributed by atoms with E-state index in [-0.39, 0.29) is 0 Å². The molecule has 0 aliphatic carbocycles. The predicted molar refractivity (Wildman–Crippen MR) is 75.5 cm³/mol. The maximum atomic E-state index is 3.64. The van der Waals surface area contributed by atoms with Crippen molar-refractivity contribution in [2.45, 2.75) is 51.1 Å². The van der Waals surface area contributed by atoms with Gasteiger partial charge in [0.25, 0.3) is 0 Å². The molecule has 0 bridgehead atoms. The van der Waals surface area contributed by atoms with Crippen LogP contribution in [-0.4, -0.2) is 62.7 Å². The molecule has 0 amide bonds. The summed E-state index contributed by atoms with van der Waals surface area (Å²) in [6.07, 6.45) is 6.72. The smallest absolute Gasteiger partial charge is 0.00818 e. The molecule has 3 heteroatoms. The summed E-state index contributed by atoms with van der Waals surface area (Å²) < 4.78 is 0. The Morgan fingerprint density at radius 3 is 2.53 bits per heavy atom. The van der Waals surface area contributed by atoms with E-state index in [4.69, 9.17) is 0 Å². The Kier molecular flexibility index (Phi) is 7.09. The van der Waals surface area contributed by atoms with Crippen LogP contribution < -0.4 is 5.32 Å². The summed E-state index contributed by atoms with van der Waals surface area (Å²) in [5, 5.41) is 3.64. The fourth-order valence-electron chi connectivity index (χ4n) is 2.57. The molecular weight excluding hydrogens is 210 g/mol. The molecule has 3 nitrogen and oxygen atoms in total. The summed E-state index contributed by atoms with van der Waals surface area (Å²) >= 11 is 0. The summed E-state index contributed by atoms with van der Waals surface area (Å²) in [7, 11) is 6.56. The van der Waals surface area contributed by atoms with Crippen molar-refractivity contribution in [3.8, 4) is 0 Å². The highest BCUT2D eigenvalue weighted by atomic mass is 15.1. The van der Waals surface area contributed by atoms with Crippen molar-refractivity contribution in [3.05, 3.63) is 0 Å². The number of hydrogen-bond donors (Lipinski definition) is 1. The first-order valence-corrected chi connectivity index (χ1v) is 7.18. The van der Waals surface area contributed by atoms with Gasteiger partial charge >= 0.3 is 0 Å². The normalized spacial score (nSPS) is 23.3. The molecule has 2 atom stereocenters. The minimum atomic E-state index is 0.702. The molecule has 0 aromatic carbocycles. The highest BCUT2D eigenvalue weighted by Gasteiger charge is 2.17. The average molecular weight is 241 g/mol. The third-order valence-corrected chi connectivity index (χ3v) is 3.91. The Hall–Kier alpha value is -0.120. The highest BCUT2D eigenvalue weighted by Crippen LogP contribution is 2.14. The Bertz CT molecular complexity index is 188. The second-order valence-electron chi connectivity index (χ2n) is 5.87. The van der Waals surface area contributed by atoms with Crippen LogP contribution in [0.1, 0.15) is 39.0 Å². The number of nitrogens with zero attached hydrogens (tertiary/aromatic N) is 2. The topological polar surface area (TPSA) is 18.5 Å². The van der Waals surface area contributed by atoms with Crippen molar-refractivity contribution in [2.75, 3.05) is 40.8 Å². The molecule has 0 saturated carbocycles. The van der Waals surface area contributed by atoms with Gasteiger partial charge in [0.1, 0.15) is 0 Å². The lowest BCUT2D eigenvalue weighted by molar-refractivity contribution is 0.207. The standard InChI is InChI=1S/C14H31N3/c1-13(12-14-8-5-6-9-15-14)17(4)11-7-10-16(2)3/h13-15H,5-12H2,1-4H3. The summed E-state index contributed by atoms with van der Waals surface area (Å²) in [5.74, 6) is 0. The first-order chi connectivity index (χ1) is 8.09. The van der Waals surface area contributed by atoms with Gasteiger partial charge in [0, 0.05) is 12.1 Å². The van der Waals surface area contributed by atoms with Gasteiger partial charge < -0.3 is 15.1 Å². The van der Waals surface area contributed by atoms with E-state index in [2.05, 4.69) is 43.2 Å².